The zero-order valence-corrected chi connectivity index (χ0v) is 11.7. The highest BCUT2D eigenvalue weighted by atomic mass is 16.5. The molecule has 0 aromatic carbocycles. The quantitative estimate of drug-likeness (QED) is 0.815. The molecule has 1 aliphatic carbocycles. The molecular formula is C15H28N2O. The maximum atomic E-state index is 6.06. The maximum absolute atomic E-state index is 6.06. The fourth-order valence-corrected chi connectivity index (χ4v) is 4.42. The third-order valence-corrected chi connectivity index (χ3v) is 5.86. The molecule has 0 amide bonds. The lowest BCUT2D eigenvalue weighted by atomic mass is 9.58. The maximum Gasteiger partial charge on any atom is 0.0550 e. The molecule has 0 aromatic heterocycles. The van der Waals surface area contributed by atoms with E-state index < -0.39 is 0 Å². The molecule has 0 atom stereocenters. The average Bonchev–Trinajstić information content (AvgIpc) is 2.32. The summed E-state index contributed by atoms with van der Waals surface area (Å²) in [7, 11) is 2.25. The van der Waals surface area contributed by atoms with Gasteiger partial charge in [0.2, 0.25) is 0 Å². The number of rotatable bonds is 2. The van der Waals surface area contributed by atoms with Gasteiger partial charge in [0.15, 0.2) is 0 Å². The summed E-state index contributed by atoms with van der Waals surface area (Å²) < 4.78 is 5.65. The third-order valence-electron chi connectivity index (χ3n) is 5.86. The van der Waals surface area contributed by atoms with Crippen LogP contribution in [0.3, 0.4) is 0 Å². The molecule has 0 spiro atoms. The first kappa shape index (κ1) is 12.9. The van der Waals surface area contributed by atoms with E-state index in [1.807, 2.05) is 0 Å². The van der Waals surface area contributed by atoms with Crippen LogP contribution in [0.2, 0.25) is 0 Å². The van der Waals surface area contributed by atoms with Crippen LogP contribution < -0.4 is 5.73 Å². The van der Waals surface area contributed by atoms with E-state index in [-0.39, 0.29) is 0 Å². The van der Waals surface area contributed by atoms with Crippen molar-refractivity contribution in [2.24, 2.45) is 23.0 Å². The first-order valence-electron chi connectivity index (χ1n) is 7.72. The van der Waals surface area contributed by atoms with Crippen molar-refractivity contribution in [2.45, 2.75) is 44.6 Å². The van der Waals surface area contributed by atoms with Crippen molar-refractivity contribution in [1.82, 2.24) is 4.90 Å². The van der Waals surface area contributed by atoms with Crippen molar-refractivity contribution in [3.8, 4) is 0 Å². The van der Waals surface area contributed by atoms with Gasteiger partial charge in [0.1, 0.15) is 0 Å². The lowest BCUT2D eigenvalue weighted by Gasteiger charge is -2.55. The second-order valence-electron chi connectivity index (χ2n) is 6.92. The fourth-order valence-electron chi connectivity index (χ4n) is 4.42. The molecule has 2 heterocycles. The number of likely N-dealkylation sites (tertiary alicyclic amines) is 1. The molecule has 3 heteroatoms. The topological polar surface area (TPSA) is 38.5 Å². The van der Waals surface area contributed by atoms with Crippen molar-refractivity contribution >= 4 is 0 Å². The summed E-state index contributed by atoms with van der Waals surface area (Å²) >= 11 is 0. The SMILES string of the molecule is CN1CCC(C2(C3CCC(N)CC3)COC2)CC1. The van der Waals surface area contributed by atoms with Crippen LogP contribution in [0.25, 0.3) is 0 Å². The standard InChI is InChI=1S/C15H28N2O/c1-17-8-6-13(7-9-17)15(10-18-11-15)12-2-4-14(16)5-3-12/h12-14H,2-11,16H2,1H3. The van der Waals surface area contributed by atoms with Crippen LogP contribution in [0.4, 0.5) is 0 Å². The van der Waals surface area contributed by atoms with Gasteiger partial charge in [-0.15, -0.1) is 0 Å². The van der Waals surface area contributed by atoms with Crippen LogP contribution >= 0.6 is 0 Å². The molecule has 3 rings (SSSR count). The molecule has 2 saturated heterocycles. The summed E-state index contributed by atoms with van der Waals surface area (Å²) in [6.07, 6.45) is 7.91. The van der Waals surface area contributed by atoms with Crippen LogP contribution in [0.5, 0.6) is 0 Å². The molecule has 104 valence electrons. The van der Waals surface area contributed by atoms with Crippen LogP contribution in [0, 0.1) is 17.3 Å². The monoisotopic (exact) mass is 252 g/mol. The number of hydrogen-bond donors (Lipinski definition) is 1. The Labute approximate surface area is 111 Å². The van der Waals surface area contributed by atoms with E-state index in [1.165, 1.54) is 51.6 Å². The van der Waals surface area contributed by atoms with Crippen molar-refractivity contribution in [1.29, 1.82) is 0 Å². The van der Waals surface area contributed by atoms with E-state index in [0.29, 0.717) is 11.5 Å². The second kappa shape index (κ2) is 5.10. The van der Waals surface area contributed by atoms with Gasteiger partial charge < -0.3 is 15.4 Å². The van der Waals surface area contributed by atoms with Gasteiger partial charge >= 0.3 is 0 Å². The minimum Gasteiger partial charge on any atom is -0.380 e. The first-order chi connectivity index (χ1) is 8.71. The zero-order valence-electron chi connectivity index (χ0n) is 11.7. The van der Waals surface area contributed by atoms with Gasteiger partial charge in [-0.3, -0.25) is 0 Å². The molecule has 2 aliphatic heterocycles. The summed E-state index contributed by atoms with van der Waals surface area (Å²) in [5, 5.41) is 0. The number of ether oxygens (including phenoxy) is 1. The van der Waals surface area contributed by atoms with Gasteiger partial charge in [-0.1, -0.05) is 0 Å². The van der Waals surface area contributed by atoms with Gasteiger partial charge in [0, 0.05) is 11.5 Å². The minimum atomic E-state index is 0.469. The van der Waals surface area contributed by atoms with Crippen LogP contribution in [0.1, 0.15) is 38.5 Å². The lowest BCUT2D eigenvalue weighted by Crippen LogP contribution is -2.56. The van der Waals surface area contributed by atoms with E-state index in [9.17, 15) is 0 Å². The Morgan fingerprint density at radius 3 is 2.00 bits per heavy atom. The Bertz CT molecular complexity index is 250. The Balaban J connectivity index is 1.66. The van der Waals surface area contributed by atoms with Gasteiger partial charge in [-0.05, 0) is 70.5 Å². The summed E-state index contributed by atoms with van der Waals surface area (Å²) in [6.45, 7) is 4.61. The second-order valence-corrected chi connectivity index (χ2v) is 6.92. The summed E-state index contributed by atoms with van der Waals surface area (Å²) in [5.74, 6) is 1.79. The van der Waals surface area contributed by atoms with Crippen molar-refractivity contribution in [2.75, 3.05) is 33.4 Å². The van der Waals surface area contributed by atoms with E-state index in [4.69, 9.17) is 10.5 Å². The normalized spacial score (nSPS) is 38.3. The number of piperidine rings is 1. The Hall–Kier alpha value is -0.120. The Morgan fingerprint density at radius 2 is 1.50 bits per heavy atom. The van der Waals surface area contributed by atoms with Gasteiger partial charge in [0.05, 0.1) is 13.2 Å². The van der Waals surface area contributed by atoms with Gasteiger partial charge in [0.25, 0.3) is 0 Å². The highest BCUT2D eigenvalue weighted by Crippen LogP contribution is 2.51. The van der Waals surface area contributed by atoms with Crippen LogP contribution in [0.15, 0.2) is 0 Å². The Morgan fingerprint density at radius 1 is 0.944 bits per heavy atom. The predicted molar refractivity (Wildman–Crippen MR) is 73.4 cm³/mol. The van der Waals surface area contributed by atoms with Gasteiger partial charge in [-0.2, -0.15) is 0 Å². The summed E-state index contributed by atoms with van der Waals surface area (Å²) in [4.78, 5) is 2.47. The smallest absolute Gasteiger partial charge is 0.0550 e. The molecule has 3 aliphatic rings. The largest absolute Gasteiger partial charge is 0.380 e. The molecule has 0 bridgehead atoms. The highest BCUT2D eigenvalue weighted by molar-refractivity contribution is 5.00. The predicted octanol–water partition coefficient (Wildman–Crippen LogP) is 1.86. The lowest BCUT2D eigenvalue weighted by molar-refractivity contribution is -0.192. The molecule has 0 unspecified atom stereocenters. The molecular weight excluding hydrogens is 224 g/mol. The molecule has 18 heavy (non-hydrogen) atoms. The van der Waals surface area contributed by atoms with Crippen molar-refractivity contribution < 1.29 is 4.74 Å². The molecule has 2 N–H and O–H groups in total. The van der Waals surface area contributed by atoms with E-state index in [2.05, 4.69) is 11.9 Å². The molecule has 1 saturated carbocycles. The van der Waals surface area contributed by atoms with Crippen LogP contribution in [-0.2, 0) is 4.74 Å². The van der Waals surface area contributed by atoms with Crippen molar-refractivity contribution in [3.63, 3.8) is 0 Å². The Kier molecular flexibility index (Phi) is 3.65. The molecule has 3 nitrogen and oxygen atoms in total. The molecule has 3 fully saturated rings. The third kappa shape index (κ3) is 2.21. The summed E-state index contributed by atoms with van der Waals surface area (Å²) in [5.41, 5.74) is 6.59. The summed E-state index contributed by atoms with van der Waals surface area (Å²) in [6, 6.07) is 0.469. The average molecular weight is 252 g/mol. The van der Waals surface area contributed by atoms with Gasteiger partial charge in [-0.25, -0.2) is 0 Å². The first-order valence-corrected chi connectivity index (χ1v) is 7.72. The minimum absolute atomic E-state index is 0.469. The number of nitrogens with two attached hydrogens (primary N) is 1. The van der Waals surface area contributed by atoms with Crippen LogP contribution in [-0.4, -0.2) is 44.3 Å². The van der Waals surface area contributed by atoms with E-state index in [0.717, 1.165) is 25.0 Å². The molecule has 0 aromatic rings. The van der Waals surface area contributed by atoms with Crippen molar-refractivity contribution in [3.05, 3.63) is 0 Å². The van der Waals surface area contributed by atoms with E-state index in [1.54, 1.807) is 0 Å². The highest BCUT2D eigenvalue weighted by Gasteiger charge is 2.51. The van der Waals surface area contributed by atoms with E-state index >= 15 is 0 Å². The fraction of sp³-hybridized carbons (Fsp3) is 1.00. The number of nitrogens with zero attached hydrogens (tertiary/aromatic N) is 1. The molecule has 0 radical (unpaired) electrons. The number of hydrogen-bond acceptors (Lipinski definition) is 3. The zero-order chi connectivity index (χ0) is 12.6.